The maximum absolute atomic E-state index is 12.7. The molecule has 7 heteroatoms. The van der Waals surface area contributed by atoms with Gasteiger partial charge in [-0.15, -0.1) is 0 Å². The Morgan fingerprint density at radius 2 is 1.79 bits per heavy atom. The molecule has 1 aliphatic rings. The van der Waals surface area contributed by atoms with E-state index >= 15 is 0 Å². The van der Waals surface area contributed by atoms with Crippen LogP contribution in [0.3, 0.4) is 0 Å². The van der Waals surface area contributed by atoms with E-state index in [1.54, 1.807) is 0 Å². The monoisotopic (exact) mass is 342 g/mol. The Morgan fingerprint density at radius 1 is 1.21 bits per heavy atom. The Balaban J connectivity index is 2.19. The summed E-state index contributed by atoms with van der Waals surface area (Å²) in [4.78, 5) is 27.3. The van der Waals surface area contributed by atoms with Gasteiger partial charge in [0.05, 0.1) is 5.56 Å². The molecule has 1 heterocycles. The zero-order chi connectivity index (χ0) is 18.1. The number of pyridine rings is 1. The quantitative estimate of drug-likeness (QED) is 0.845. The Bertz CT molecular complexity index is 644. The van der Waals surface area contributed by atoms with Crippen molar-refractivity contribution >= 4 is 11.7 Å². The van der Waals surface area contributed by atoms with Gasteiger partial charge in [0.1, 0.15) is 11.4 Å². The first kappa shape index (κ1) is 18.4. The van der Waals surface area contributed by atoms with Crippen molar-refractivity contribution in [3.8, 4) is 0 Å². The van der Waals surface area contributed by atoms with Crippen molar-refractivity contribution < 1.29 is 22.8 Å². The molecule has 0 atom stereocenters. The van der Waals surface area contributed by atoms with Crippen LogP contribution in [0.2, 0.25) is 0 Å². The molecular formula is C17H21F3N2O2. The van der Waals surface area contributed by atoms with Gasteiger partial charge in [0.2, 0.25) is 0 Å². The van der Waals surface area contributed by atoms with Crippen LogP contribution >= 0.6 is 0 Å². The Hall–Kier alpha value is -1.92. The molecule has 24 heavy (non-hydrogen) atoms. The topological polar surface area (TPSA) is 59.1 Å². The number of hydrogen-bond acceptors (Lipinski definition) is 3. The van der Waals surface area contributed by atoms with Crippen molar-refractivity contribution in [1.29, 1.82) is 0 Å². The van der Waals surface area contributed by atoms with E-state index in [-0.39, 0.29) is 17.0 Å². The molecule has 1 amide bonds. The number of nitrogens with one attached hydrogen (secondary N) is 1. The van der Waals surface area contributed by atoms with Gasteiger partial charge in [-0.25, -0.2) is 4.98 Å². The normalized spacial score (nSPS) is 18.2. The van der Waals surface area contributed by atoms with E-state index < -0.39 is 29.3 Å². The number of Topliss-reactive ketones (excluding diaryl/α,β-unsaturated/α-hetero) is 1. The largest absolute Gasteiger partial charge is 0.433 e. The van der Waals surface area contributed by atoms with E-state index in [1.807, 2.05) is 0 Å². The molecule has 1 aromatic heterocycles. The number of ketones is 1. The number of amides is 1. The fourth-order valence-corrected chi connectivity index (χ4v) is 2.88. The van der Waals surface area contributed by atoms with E-state index in [2.05, 4.69) is 24.1 Å². The molecule has 0 unspecified atom stereocenters. The number of rotatable bonds is 3. The van der Waals surface area contributed by atoms with Gasteiger partial charge in [-0.2, -0.15) is 13.2 Å². The molecule has 0 saturated heterocycles. The number of carbonyl (C=O) groups is 2. The second kappa shape index (κ2) is 6.53. The summed E-state index contributed by atoms with van der Waals surface area (Å²) in [6.45, 7) is 5.43. The predicted molar refractivity (Wildman–Crippen MR) is 82.7 cm³/mol. The third-order valence-electron chi connectivity index (χ3n) is 4.44. The van der Waals surface area contributed by atoms with Gasteiger partial charge < -0.3 is 5.32 Å². The third-order valence-corrected chi connectivity index (χ3v) is 4.44. The van der Waals surface area contributed by atoms with Gasteiger partial charge in [0.25, 0.3) is 5.91 Å². The standard InChI is InChI=1S/C17H21F3N2O2/c1-10(23)14-12(4-5-13(22-14)17(18,19)20)15(24)21-11-6-8-16(2,3)9-7-11/h4-5,11H,6-9H2,1-3H3,(H,21,24). The highest BCUT2D eigenvalue weighted by atomic mass is 19.4. The maximum Gasteiger partial charge on any atom is 0.433 e. The lowest BCUT2D eigenvalue weighted by Gasteiger charge is -2.34. The fourth-order valence-electron chi connectivity index (χ4n) is 2.88. The summed E-state index contributed by atoms with van der Waals surface area (Å²) in [6.07, 6.45) is -1.12. The summed E-state index contributed by atoms with van der Waals surface area (Å²) < 4.78 is 38.2. The molecule has 0 aliphatic heterocycles. The van der Waals surface area contributed by atoms with Gasteiger partial charge in [-0.1, -0.05) is 13.8 Å². The number of nitrogens with zero attached hydrogens (tertiary/aromatic N) is 1. The molecule has 0 bridgehead atoms. The summed E-state index contributed by atoms with van der Waals surface area (Å²) >= 11 is 0. The third kappa shape index (κ3) is 4.33. The first-order chi connectivity index (χ1) is 11.0. The zero-order valence-electron chi connectivity index (χ0n) is 14.0. The fraction of sp³-hybridized carbons (Fsp3) is 0.588. The summed E-state index contributed by atoms with van der Waals surface area (Å²) in [5.41, 5.74) is -1.50. The Morgan fingerprint density at radius 3 is 2.29 bits per heavy atom. The van der Waals surface area contributed by atoms with Crippen LogP contribution in [0.4, 0.5) is 13.2 Å². The molecule has 4 nitrogen and oxygen atoms in total. The van der Waals surface area contributed by atoms with Gasteiger partial charge in [0.15, 0.2) is 5.78 Å². The first-order valence-electron chi connectivity index (χ1n) is 7.90. The zero-order valence-corrected chi connectivity index (χ0v) is 14.0. The van der Waals surface area contributed by atoms with Gasteiger partial charge in [-0.3, -0.25) is 9.59 Å². The second-order valence-corrected chi connectivity index (χ2v) is 7.06. The van der Waals surface area contributed by atoms with Crippen LogP contribution in [0.1, 0.15) is 73.0 Å². The molecule has 1 fully saturated rings. The van der Waals surface area contributed by atoms with Crippen LogP contribution in [0.15, 0.2) is 12.1 Å². The van der Waals surface area contributed by atoms with E-state index in [1.165, 1.54) is 0 Å². The van der Waals surface area contributed by atoms with Gasteiger partial charge in [-0.05, 0) is 43.2 Å². The van der Waals surface area contributed by atoms with Gasteiger partial charge in [0, 0.05) is 13.0 Å². The van der Waals surface area contributed by atoms with Crippen molar-refractivity contribution in [2.24, 2.45) is 5.41 Å². The van der Waals surface area contributed by atoms with Crippen molar-refractivity contribution in [3.63, 3.8) is 0 Å². The van der Waals surface area contributed by atoms with E-state index in [0.29, 0.717) is 0 Å². The minimum Gasteiger partial charge on any atom is -0.349 e. The molecule has 0 aromatic carbocycles. The number of aromatic nitrogens is 1. The van der Waals surface area contributed by atoms with Crippen LogP contribution in [0.5, 0.6) is 0 Å². The predicted octanol–water partition coefficient (Wildman–Crippen LogP) is 4.00. The lowest BCUT2D eigenvalue weighted by atomic mass is 9.75. The van der Waals surface area contributed by atoms with E-state index in [0.717, 1.165) is 44.7 Å². The SMILES string of the molecule is CC(=O)c1nc(C(F)(F)F)ccc1C(=O)NC1CCC(C)(C)CC1. The number of hydrogen-bond donors (Lipinski definition) is 1. The molecular weight excluding hydrogens is 321 g/mol. The number of carbonyl (C=O) groups excluding carboxylic acids is 2. The van der Waals surface area contributed by atoms with Crippen LogP contribution in [-0.4, -0.2) is 22.7 Å². The number of halogens is 3. The van der Waals surface area contributed by atoms with Crippen molar-refractivity contribution in [1.82, 2.24) is 10.3 Å². The molecule has 0 spiro atoms. The molecule has 0 radical (unpaired) electrons. The molecule has 132 valence electrons. The summed E-state index contributed by atoms with van der Waals surface area (Å²) in [6, 6.07) is 1.72. The van der Waals surface area contributed by atoms with Crippen LogP contribution in [0, 0.1) is 5.41 Å². The average molecular weight is 342 g/mol. The Kier molecular flexibility index (Phi) is 5.01. The molecule has 1 aromatic rings. The molecule has 2 rings (SSSR count). The summed E-state index contributed by atoms with van der Waals surface area (Å²) in [7, 11) is 0. The lowest BCUT2D eigenvalue weighted by Crippen LogP contribution is -2.39. The van der Waals surface area contributed by atoms with Crippen LogP contribution in [0.25, 0.3) is 0 Å². The second-order valence-electron chi connectivity index (χ2n) is 7.06. The van der Waals surface area contributed by atoms with E-state index in [9.17, 15) is 22.8 Å². The highest BCUT2D eigenvalue weighted by Crippen LogP contribution is 2.35. The first-order valence-corrected chi connectivity index (χ1v) is 7.90. The summed E-state index contributed by atoms with van der Waals surface area (Å²) in [5.74, 6) is -1.22. The van der Waals surface area contributed by atoms with Crippen molar-refractivity contribution in [3.05, 3.63) is 29.1 Å². The molecule has 1 N–H and O–H groups in total. The molecule has 1 saturated carbocycles. The smallest absolute Gasteiger partial charge is 0.349 e. The highest BCUT2D eigenvalue weighted by molar-refractivity contribution is 6.06. The van der Waals surface area contributed by atoms with Crippen molar-refractivity contribution in [2.75, 3.05) is 0 Å². The minimum atomic E-state index is -4.66. The Labute approximate surface area is 138 Å². The summed E-state index contributed by atoms with van der Waals surface area (Å²) in [5, 5.41) is 2.81. The average Bonchev–Trinajstić information content (AvgIpc) is 2.47. The van der Waals surface area contributed by atoms with Gasteiger partial charge >= 0.3 is 6.18 Å². The van der Waals surface area contributed by atoms with Crippen LogP contribution in [-0.2, 0) is 6.18 Å². The highest BCUT2D eigenvalue weighted by Gasteiger charge is 2.34. The van der Waals surface area contributed by atoms with Crippen molar-refractivity contribution in [2.45, 2.75) is 58.7 Å². The van der Waals surface area contributed by atoms with Crippen LogP contribution < -0.4 is 5.32 Å². The maximum atomic E-state index is 12.7. The number of alkyl halides is 3. The van der Waals surface area contributed by atoms with E-state index in [4.69, 9.17) is 0 Å². The lowest BCUT2D eigenvalue weighted by molar-refractivity contribution is -0.141. The minimum absolute atomic E-state index is 0.0346. The molecule has 1 aliphatic carbocycles.